The number of nitrogens with zero attached hydrogens (tertiary/aromatic N) is 5. The van der Waals surface area contributed by atoms with E-state index in [1.54, 1.807) is 27.8 Å². The molecule has 8 heteroatoms. The lowest BCUT2D eigenvalue weighted by molar-refractivity contribution is 0.640. The van der Waals surface area contributed by atoms with Gasteiger partial charge < -0.3 is 5.32 Å². The number of benzene rings is 2. The van der Waals surface area contributed by atoms with E-state index < -0.39 is 0 Å². The highest BCUT2D eigenvalue weighted by molar-refractivity contribution is 8.00. The van der Waals surface area contributed by atoms with Gasteiger partial charge in [-0.05, 0) is 34.9 Å². The number of thioether (sulfide) groups is 1. The number of aromatic nitrogens is 5. The maximum atomic E-state index is 4.55. The molecule has 2 aromatic carbocycles. The average Bonchev–Trinajstić information content (AvgIpc) is 3.26. The van der Waals surface area contributed by atoms with Gasteiger partial charge in [0, 0.05) is 11.3 Å². The molecule has 2 heterocycles. The van der Waals surface area contributed by atoms with Gasteiger partial charge in [0.25, 0.3) is 0 Å². The Morgan fingerprint density at radius 3 is 2.88 bits per heavy atom. The normalized spacial score (nSPS) is 11.0. The zero-order valence-electron chi connectivity index (χ0n) is 12.9. The highest BCUT2D eigenvalue weighted by Gasteiger charge is 2.08. The molecule has 0 radical (unpaired) electrons. The monoisotopic (exact) mass is 354 g/mol. The first-order valence-corrected chi connectivity index (χ1v) is 9.37. The van der Waals surface area contributed by atoms with Gasteiger partial charge in [0.05, 0.1) is 10.2 Å². The van der Waals surface area contributed by atoms with E-state index in [-0.39, 0.29) is 0 Å². The lowest BCUT2D eigenvalue weighted by atomic mass is 10.2. The molecule has 6 nitrogen and oxygen atoms in total. The number of rotatable bonds is 5. The van der Waals surface area contributed by atoms with E-state index in [1.807, 2.05) is 48.7 Å². The molecule has 0 unspecified atom stereocenters. The molecular formula is C16H14N6S2. The van der Waals surface area contributed by atoms with E-state index in [4.69, 9.17) is 0 Å². The van der Waals surface area contributed by atoms with Crippen molar-refractivity contribution in [3.63, 3.8) is 0 Å². The van der Waals surface area contributed by atoms with Crippen LogP contribution < -0.4 is 5.32 Å². The first kappa shape index (κ1) is 15.1. The van der Waals surface area contributed by atoms with Crippen molar-refractivity contribution in [2.75, 3.05) is 11.6 Å². The summed E-state index contributed by atoms with van der Waals surface area (Å²) in [6.07, 6.45) is 2.04. The number of nitrogens with one attached hydrogen (secondary N) is 1. The van der Waals surface area contributed by atoms with Gasteiger partial charge in [0.1, 0.15) is 6.67 Å². The van der Waals surface area contributed by atoms with Crippen LogP contribution in [-0.4, -0.2) is 31.4 Å². The second-order valence-corrected chi connectivity index (χ2v) is 7.15. The van der Waals surface area contributed by atoms with Gasteiger partial charge in [0.15, 0.2) is 10.2 Å². The van der Waals surface area contributed by atoms with Gasteiger partial charge >= 0.3 is 0 Å². The molecule has 4 aromatic rings. The van der Waals surface area contributed by atoms with Crippen molar-refractivity contribution in [3.05, 3.63) is 48.5 Å². The van der Waals surface area contributed by atoms with Crippen LogP contribution in [0.2, 0.25) is 0 Å². The summed E-state index contributed by atoms with van der Waals surface area (Å²) in [7, 11) is 0. The number of fused-ring (bicyclic) bond motifs is 1. The Kier molecular flexibility index (Phi) is 4.14. The third kappa shape index (κ3) is 2.98. The molecule has 2 aromatic heterocycles. The second kappa shape index (κ2) is 6.58. The average molecular weight is 354 g/mol. The SMILES string of the molecule is CSc1nc2ccc(NCn3nnnc3-c3ccccc3)cc2s1. The molecule has 120 valence electrons. The lowest BCUT2D eigenvalue weighted by Crippen LogP contribution is -2.11. The maximum Gasteiger partial charge on any atom is 0.183 e. The minimum Gasteiger partial charge on any atom is -0.366 e. The molecule has 1 N–H and O–H groups in total. The van der Waals surface area contributed by atoms with E-state index in [9.17, 15) is 0 Å². The zero-order valence-corrected chi connectivity index (χ0v) is 14.5. The molecule has 0 fully saturated rings. The summed E-state index contributed by atoms with van der Waals surface area (Å²) in [4.78, 5) is 4.55. The summed E-state index contributed by atoms with van der Waals surface area (Å²) >= 11 is 3.37. The summed E-state index contributed by atoms with van der Waals surface area (Å²) in [5.74, 6) is 0.742. The van der Waals surface area contributed by atoms with E-state index in [0.29, 0.717) is 6.67 Å². The van der Waals surface area contributed by atoms with Crippen LogP contribution in [0.4, 0.5) is 5.69 Å². The Balaban J connectivity index is 1.54. The molecule has 0 amide bonds. The Morgan fingerprint density at radius 1 is 1.17 bits per heavy atom. The van der Waals surface area contributed by atoms with Crippen molar-refractivity contribution < 1.29 is 0 Å². The van der Waals surface area contributed by atoms with Crippen LogP contribution in [0, 0.1) is 0 Å². The fourth-order valence-corrected chi connectivity index (χ4v) is 3.90. The van der Waals surface area contributed by atoms with Crippen LogP contribution in [0.1, 0.15) is 0 Å². The maximum absolute atomic E-state index is 4.55. The van der Waals surface area contributed by atoms with E-state index in [0.717, 1.165) is 26.9 Å². The predicted octanol–water partition coefficient (Wildman–Crippen LogP) is 3.74. The Morgan fingerprint density at radius 2 is 2.04 bits per heavy atom. The van der Waals surface area contributed by atoms with Crippen molar-refractivity contribution in [3.8, 4) is 11.4 Å². The minimum atomic E-state index is 0.497. The van der Waals surface area contributed by atoms with Crippen LogP contribution in [0.3, 0.4) is 0 Å². The Hall–Kier alpha value is -2.45. The zero-order chi connectivity index (χ0) is 16.4. The summed E-state index contributed by atoms with van der Waals surface area (Å²) in [5, 5.41) is 15.3. The van der Waals surface area contributed by atoms with Gasteiger partial charge in [-0.3, -0.25) is 0 Å². The number of hydrogen-bond donors (Lipinski definition) is 1. The second-order valence-electron chi connectivity index (χ2n) is 5.07. The standard InChI is InChI=1S/C16H14N6S2/c1-23-16-18-13-8-7-12(9-14(13)24-16)17-10-22-15(19-20-21-22)11-5-3-2-4-6-11/h2-9,17H,10H2,1H3. The highest BCUT2D eigenvalue weighted by atomic mass is 32.2. The molecule has 0 bridgehead atoms. The van der Waals surface area contributed by atoms with E-state index in [1.165, 1.54) is 4.70 Å². The molecule has 24 heavy (non-hydrogen) atoms. The van der Waals surface area contributed by atoms with Gasteiger partial charge in [-0.15, -0.1) is 16.4 Å². The molecular weight excluding hydrogens is 340 g/mol. The molecule has 0 atom stereocenters. The first-order valence-electron chi connectivity index (χ1n) is 7.33. The summed E-state index contributed by atoms with van der Waals surface area (Å²) < 4.78 is 4.00. The molecule has 0 aliphatic rings. The highest BCUT2D eigenvalue weighted by Crippen LogP contribution is 2.30. The number of thiazole rings is 1. The summed E-state index contributed by atoms with van der Waals surface area (Å²) in [5.41, 5.74) is 3.04. The molecule has 0 saturated heterocycles. The number of hydrogen-bond acceptors (Lipinski definition) is 7. The van der Waals surface area contributed by atoms with Crippen molar-refractivity contribution in [1.29, 1.82) is 0 Å². The quantitative estimate of drug-likeness (QED) is 0.551. The largest absolute Gasteiger partial charge is 0.366 e. The van der Waals surface area contributed by atoms with Crippen molar-refractivity contribution in [2.45, 2.75) is 11.0 Å². The van der Waals surface area contributed by atoms with Crippen molar-refractivity contribution >= 4 is 39.0 Å². The first-order chi connectivity index (χ1) is 11.8. The van der Waals surface area contributed by atoms with Gasteiger partial charge in [0.2, 0.25) is 0 Å². The van der Waals surface area contributed by atoms with Gasteiger partial charge in [-0.2, -0.15) is 0 Å². The topological polar surface area (TPSA) is 68.5 Å². The fourth-order valence-electron chi connectivity index (χ4n) is 2.37. The smallest absolute Gasteiger partial charge is 0.183 e. The van der Waals surface area contributed by atoms with E-state index >= 15 is 0 Å². The van der Waals surface area contributed by atoms with Crippen LogP contribution >= 0.6 is 23.1 Å². The fraction of sp³-hybridized carbons (Fsp3) is 0.125. The third-order valence-corrected chi connectivity index (χ3v) is 5.54. The van der Waals surface area contributed by atoms with Crippen LogP contribution in [0.25, 0.3) is 21.6 Å². The molecule has 0 aliphatic heterocycles. The summed E-state index contributed by atoms with van der Waals surface area (Å²) in [6, 6.07) is 16.1. The third-order valence-electron chi connectivity index (χ3n) is 3.54. The van der Waals surface area contributed by atoms with Crippen molar-refractivity contribution in [1.82, 2.24) is 25.2 Å². The summed E-state index contributed by atoms with van der Waals surface area (Å²) in [6.45, 7) is 0.497. The molecule has 0 spiro atoms. The van der Waals surface area contributed by atoms with Crippen molar-refractivity contribution in [2.24, 2.45) is 0 Å². The van der Waals surface area contributed by atoms with Crippen LogP contribution in [0.5, 0.6) is 0 Å². The molecule has 0 aliphatic carbocycles. The van der Waals surface area contributed by atoms with E-state index in [2.05, 4.69) is 31.9 Å². The number of anilines is 1. The van der Waals surface area contributed by atoms with Crippen LogP contribution in [0.15, 0.2) is 52.9 Å². The molecule has 4 rings (SSSR count). The minimum absolute atomic E-state index is 0.497. The predicted molar refractivity (Wildman–Crippen MR) is 98.3 cm³/mol. The Bertz CT molecular complexity index is 963. The van der Waals surface area contributed by atoms with Crippen LogP contribution in [-0.2, 0) is 6.67 Å². The lowest BCUT2D eigenvalue weighted by Gasteiger charge is -2.08. The Labute approximate surface area is 146 Å². The van der Waals surface area contributed by atoms with Gasteiger partial charge in [-0.1, -0.05) is 42.1 Å². The molecule has 0 saturated carbocycles. The number of tetrazole rings is 1. The van der Waals surface area contributed by atoms with Gasteiger partial charge in [-0.25, -0.2) is 9.67 Å².